The fourth-order valence-electron chi connectivity index (χ4n) is 2.47. The smallest absolute Gasteiger partial charge is 0.336 e. The molecule has 0 amide bonds. The molecule has 0 aliphatic rings. The highest BCUT2D eigenvalue weighted by Crippen LogP contribution is 2.33. The van der Waals surface area contributed by atoms with Crippen molar-refractivity contribution in [3.05, 3.63) is 71.3 Å². The average Bonchev–Trinajstić information content (AvgIpc) is 2.65. The molecule has 142 valence electrons. The summed E-state index contributed by atoms with van der Waals surface area (Å²) in [7, 11) is 0. The average molecular weight is 398 g/mol. The van der Waals surface area contributed by atoms with E-state index in [2.05, 4.69) is 15.0 Å². The van der Waals surface area contributed by atoms with Crippen LogP contribution in [0.4, 0.5) is 0 Å². The number of pyridine rings is 1. The molecule has 0 aliphatic heterocycles. The van der Waals surface area contributed by atoms with E-state index >= 15 is 0 Å². The van der Waals surface area contributed by atoms with Crippen LogP contribution in [-0.2, 0) is 4.79 Å². The molecule has 28 heavy (non-hydrogen) atoms. The van der Waals surface area contributed by atoms with Crippen LogP contribution in [0.25, 0.3) is 5.57 Å². The predicted octanol–water partition coefficient (Wildman–Crippen LogP) is 4.99. The van der Waals surface area contributed by atoms with E-state index in [1.807, 2.05) is 0 Å². The van der Waals surface area contributed by atoms with Crippen molar-refractivity contribution in [1.82, 2.24) is 15.0 Å². The van der Waals surface area contributed by atoms with E-state index in [9.17, 15) is 9.90 Å². The number of hydrogen-bond donors (Lipinski definition) is 1. The van der Waals surface area contributed by atoms with Crippen LogP contribution in [0.1, 0.15) is 19.4 Å². The van der Waals surface area contributed by atoms with Crippen molar-refractivity contribution in [2.45, 2.75) is 13.8 Å². The Balaban J connectivity index is 1.91. The van der Waals surface area contributed by atoms with Gasteiger partial charge in [0.25, 0.3) is 0 Å². The summed E-state index contributed by atoms with van der Waals surface area (Å²) in [6, 6.07) is 11.7. The number of nitrogens with zero attached hydrogens (tertiary/aromatic N) is 3. The van der Waals surface area contributed by atoms with E-state index in [0.717, 1.165) is 0 Å². The van der Waals surface area contributed by atoms with Gasteiger partial charge >= 0.3 is 5.97 Å². The molecule has 0 saturated carbocycles. The van der Waals surface area contributed by atoms with Gasteiger partial charge < -0.3 is 14.6 Å². The standard InChI is InChI=1S/C20H16ClN3O4/c1-12(2)18(20(25)26)13-6-3-4-7-14(13)27-16-10-17(24-11-23-16)28-15-8-5-9-22-19(15)21/h3-11H,1-2H3,(H,25,26). The fraction of sp³-hybridized carbons (Fsp3) is 0.100. The van der Waals surface area contributed by atoms with Crippen LogP contribution in [0, 0.1) is 0 Å². The minimum Gasteiger partial charge on any atom is -0.478 e. The zero-order chi connectivity index (χ0) is 20.1. The Labute approximate surface area is 166 Å². The summed E-state index contributed by atoms with van der Waals surface area (Å²) < 4.78 is 11.4. The van der Waals surface area contributed by atoms with Crippen molar-refractivity contribution >= 4 is 23.1 Å². The van der Waals surface area contributed by atoms with E-state index in [4.69, 9.17) is 21.1 Å². The van der Waals surface area contributed by atoms with Crippen molar-refractivity contribution in [1.29, 1.82) is 0 Å². The summed E-state index contributed by atoms with van der Waals surface area (Å²) in [5, 5.41) is 9.74. The van der Waals surface area contributed by atoms with E-state index in [1.54, 1.807) is 56.4 Å². The predicted molar refractivity (Wildman–Crippen MR) is 104 cm³/mol. The van der Waals surface area contributed by atoms with Gasteiger partial charge in [-0.2, -0.15) is 0 Å². The van der Waals surface area contributed by atoms with Crippen LogP contribution in [0.3, 0.4) is 0 Å². The highest BCUT2D eigenvalue weighted by atomic mass is 35.5. The van der Waals surface area contributed by atoms with Gasteiger partial charge in [0.1, 0.15) is 12.1 Å². The molecule has 0 atom stereocenters. The number of aliphatic carboxylic acids is 1. The quantitative estimate of drug-likeness (QED) is 0.462. The van der Waals surface area contributed by atoms with Gasteiger partial charge in [-0.05, 0) is 32.0 Å². The summed E-state index contributed by atoms with van der Waals surface area (Å²) in [4.78, 5) is 23.7. The molecule has 3 rings (SSSR count). The molecule has 3 aromatic rings. The first kappa shape index (κ1) is 19.3. The lowest BCUT2D eigenvalue weighted by molar-refractivity contribution is -0.130. The van der Waals surface area contributed by atoms with Crippen molar-refractivity contribution in [3.63, 3.8) is 0 Å². The minimum atomic E-state index is -1.03. The molecule has 0 spiro atoms. The number of halogens is 1. The van der Waals surface area contributed by atoms with E-state index in [-0.39, 0.29) is 22.5 Å². The van der Waals surface area contributed by atoms with Crippen molar-refractivity contribution in [2.24, 2.45) is 0 Å². The summed E-state index contributed by atoms with van der Waals surface area (Å²) in [6.07, 6.45) is 2.82. The minimum absolute atomic E-state index is 0.170. The van der Waals surface area contributed by atoms with E-state index < -0.39 is 5.97 Å². The zero-order valence-corrected chi connectivity index (χ0v) is 15.8. The van der Waals surface area contributed by atoms with Gasteiger partial charge in [-0.3, -0.25) is 0 Å². The van der Waals surface area contributed by atoms with Crippen molar-refractivity contribution in [2.75, 3.05) is 0 Å². The second kappa shape index (κ2) is 8.49. The zero-order valence-electron chi connectivity index (χ0n) is 15.1. The van der Waals surface area contributed by atoms with E-state index in [0.29, 0.717) is 22.6 Å². The number of ether oxygens (including phenoxy) is 2. The van der Waals surface area contributed by atoms with Gasteiger partial charge in [-0.25, -0.2) is 19.7 Å². The number of benzene rings is 1. The molecule has 1 N–H and O–H groups in total. The third-order valence-electron chi connectivity index (χ3n) is 3.64. The maximum atomic E-state index is 11.7. The Bertz CT molecular complexity index is 1050. The molecule has 0 unspecified atom stereocenters. The fourth-order valence-corrected chi connectivity index (χ4v) is 2.63. The Morgan fingerprint density at radius 2 is 1.61 bits per heavy atom. The normalized spacial score (nSPS) is 10.2. The lowest BCUT2D eigenvalue weighted by Gasteiger charge is -2.13. The van der Waals surface area contributed by atoms with Crippen LogP contribution in [0.5, 0.6) is 23.3 Å². The van der Waals surface area contributed by atoms with Gasteiger partial charge in [0.2, 0.25) is 11.8 Å². The van der Waals surface area contributed by atoms with E-state index in [1.165, 1.54) is 12.4 Å². The first-order valence-electron chi connectivity index (χ1n) is 8.24. The van der Waals surface area contributed by atoms with Crippen LogP contribution in [-0.4, -0.2) is 26.0 Å². The van der Waals surface area contributed by atoms with Gasteiger partial charge in [-0.15, -0.1) is 0 Å². The molecule has 0 bridgehead atoms. The molecule has 2 heterocycles. The number of hydrogen-bond acceptors (Lipinski definition) is 6. The number of rotatable bonds is 6. The van der Waals surface area contributed by atoms with Gasteiger partial charge in [0, 0.05) is 11.8 Å². The molecule has 0 fully saturated rings. The molecule has 0 radical (unpaired) electrons. The molecule has 8 heteroatoms. The third-order valence-corrected chi connectivity index (χ3v) is 3.92. The maximum Gasteiger partial charge on any atom is 0.336 e. The lowest BCUT2D eigenvalue weighted by atomic mass is 10.0. The second-order valence-corrected chi connectivity index (χ2v) is 6.23. The van der Waals surface area contributed by atoms with Crippen LogP contribution in [0.15, 0.2) is 60.6 Å². The van der Waals surface area contributed by atoms with Crippen LogP contribution in [0.2, 0.25) is 5.15 Å². The summed E-state index contributed by atoms with van der Waals surface area (Å²) in [5.41, 5.74) is 1.27. The summed E-state index contributed by atoms with van der Waals surface area (Å²) >= 11 is 5.99. The summed E-state index contributed by atoms with van der Waals surface area (Å²) in [6.45, 7) is 3.46. The van der Waals surface area contributed by atoms with Crippen LogP contribution < -0.4 is 9.47 Å². The highest BCUT2D eigenvalue weighted by Gasteiger charge is 2.18. The number of aromatic nitrogens is 3. The first-order valence-corrected chi connectivity index (χ1v) is 8.62. The molecule has 0 saturated heterocycles. The Morgan fingerprint density at radius 3 is 2.25 bits per heavy atom. The highest BCUT2D eigenvalue weighted by molar-refractivity contribution is 6.30. The SMILES string of the molecule is CC(C)=C(C(=O)O)c1ccccc1Oc1cc(Oc2cccnc2Cl)ncn1. The second-order valence-electron chi connectivity index (χ2n) is 5.87. The van der Waals surface area contributed by atoms with Gasteiger partial charge in [-0.1, -0.05) is 35.4 Å². The van der Waals surface area contributed by atoms with Crippen molar-refractivity contribution < 1.29 is 19.4 Å². The van der Waals surface area contributed by atoms with Gasteiger partial charge in [0.05, 0.1) is 11.6 Å². The number of para-hydroxylation sites is 1. The number of carboxylic acids is 1. The topological polar surface area (TPSA) is 94.4 Å². The molecule has 1 aromatic carbocycles. The largest absolute Gasteiger partial charge is 0.478 e. The molecular formula is C20H16ClN3O4. The molecule has 0 aliphatic carbocycles. The number of allylic oxidation sites excluding steroid dienone is 1. The van der Waals surface area contributed by atoms with Crippen molar-refractivity contribution in [3.8, 4) is 23.3 Å². The Kier molecular flexibility index (Phi) is 5.86. The van der Waals surface area contributed by atoms with Crippen LogP contribution >= 0.6 is 11.6 Å². The maximum absolute atomic E-state index is 11.7. The third kappa shape index (κ3) is 4.44. The Morgan fingerprint density at radius 1 is 0.964 bits per heavy atom. The number of carbonyl (C=O) groups is 1. The number of carboxylic acid groups (broad SMARTS) is 1. The molecule has 7 nitrogen and oxygen atoms in total. The summed E-state index contributed by atoms with van der Waals surface area (Å²) in [5.74, 6) is 0.0556. The first-order chi connectivity index (χ1) is 13.5. The molecular weight excluding hydrogens is 382 g/mol. The van der Waals surface area contributed by atoms with Gasteiger partial charge in [0.15, 0.2) is 10.9 Å². The Hall–Kier alpha value is -3.45. The monoisotopic (exact) mass is 397 g/mol. The molecule has 2 aromatic heterocycles. The lowest BCUT2D eigenvalue weighted by Crippen LogP contribution is -2.04.